The third-order valence-corrected chi connectivity index (χ3v) is 0.638. The molecule has 0 spiro atoms. The maximum Gasteiger partial charge on any atom is 0.218 e. The zero-order valence-corrected chi connectivity index (χ0v) is 4.50. The summed E-state index contributed by atoms with van der Waals surface area (Å²) < 4.78 is 11.7. The van der Waals surface area contributed by atoms with Crippen molar-refractivity contribution in [2.45, 2.75) is 6.17 Å². The highest BCUT2D eigenvalue weighted by Gasteiger charge is 2.18. The number of ketones is 1. The van der Waals surface area contributed by atoms with Crippen molar-refractivity contribution < 1.29 is 29.0 Å². The van der Waals surface area contributed by atoms with Gasteiger partial charge in [0, 0.05) is 0 Å². The van der Waals surface area contributed by atoms with E-state index in [9.17, 15) is 29.0 Å². The number of halogens is 1. The van der Waals surface area contributed by atoms with Crippen LogP contribution in [-0.2, 0) is 14.4 Å². The Kier molecular flexibility index (Phi) is 2.48. The van der Waals surface area contributed by atoms with Gasteiger partial charge in [-0.2, -0.15) is 0 Å². The molecule has 0 aromatic carbocycles. The van der Waals surface area contributed by atoms with E-state index >= 15 is 0 Å². The maximum absolute atomic E-state index is 11.7. The summed E-state index contributed by atoms with van der Waals surface area (Å²) in [5.41, 5.74) is 0. The first-order valence-corrected chi connectivity index (χ1v) is 2.07. The molecule has 0 aromatic rings. The number of carboxylic acids is 2. The Labute approximate surface area is 54.1 Å². The normalized spacial score (nSPS) is 12.1. The fraction of sp³-hybridized carbons (Fsp3) is 0.250. The van der Waals surface area contributed by atoms with Crippen molar-refractivity contribution in [3.63, 3.8) is 0 Å². The summed E-state index contributed by atoms with van der Waals surface area (Å²) >= 11 is 0. The third kappa shape index (κ3) is 1.81. The molecule has 0 N–H and O–H groups in total. The largest absolute Gasteiger partial charge is 0.546 e. The van der Waals surface area contributed by atoms with Gasteiger partial charge in [0.25, 0.3) is 0 Å². The predicted molar refractivity (Wildman–Crippen MR) is 19.9 cm³/mol. The Morgan fingerprint density at radius 1 is 1.20 bits per heavy atom. The molecule has 0 saturated heterocycles. The molecule has 1 atom stereocenters. The molecule has 0 aromatic heterocycles. The molecule has 0 aliphatic heterocycles. The van der Waals surface area contributed by atoms with Crippen LogP contribution < -0.4 is 10.2 Å². The molecule has 0 aliphatic carbocycles. The summed E-state index contributed by atoms with van der Waals surface area (Å²) in [5.74, 6) is -6.90. The fourth-order valence-electron chi connectivity index (χ4n) is 0.211. The molecule has 0 aliphatic rings. The summed E-state index contributed by atoms with van der Waals surface area (Å²) in [6.07, 6.45) is -3.13. The van der Waals surface area contributed by atoms with E-state index in [1.165, 1.54) is 0 Å². The lowest BCUT2D eigenvalue weighted by Crippen LogP contribution is -2.45. The summed E-state index contributed by atoms with van der Waals surface area (Å²) in [5, 5.41) is 18.9. The molecule has 5 nitrogen and oxygen atoms in total. The van der Waals surface area contributed by atoms with Gasteiger partial charge in [-0.25, -0.2) is 4.39 Å². The Hall–Kier alpha value is -1.46. The number of hydrogen-bond donors (Lipinski definition) is 0. The van der Waals surface area contributed by atoms with E-state index in [4.69, 9.17) is 0 Å². The van der Waals surface area contributed by atoms with E-state index in [0.29, 0.717) is 0 Å². The van der Waals surface area contributed by atoms with Gasteiger partial charge in [0.2, 0.25) is 12.0 Å². The standard InChI is InChI=1S/C4H3FO5/c5-1(3(7)8)2(6)4(9)10/h1H,(H,7,8)(H,9,10)/p-2. The first kappa shape index (κ1) is 8.54. The number of rotatable bonds is 3. The van der Waals surface area contributed by atoms with Gasteiger partial charge in [0.05, 0.1) is 5.97 Å². The van der Waals surface area contributed by atoms with E-state index in [2.05, 4.69) is 0 Å². The van der Waals surface area contributed by atoms with E-state index in [-0.39, 0.29) is 0 Å². The van der Waals surface area contributed by atoms with Crippen LogP contribution in [0.5, 0.6) is 0 Å². The second-order valence-electron chi connectivity index (χ2n) is 1.33. The molecule has 1 unspecified atom stereocenters. The van der Waals surface area contributed by atoms with Gasteiger partial charge < -0.3 is 19.8 Å². The Bertz CT molecular complexity index is 186. The van der Waals surface area contributed by atoms with E-state index in [1.54, 1.807) is 0 Å². The van der Waals surface area contributed by atoms with Crippen molar-refractivity contribution in [1.29, 1.82) is 0 Å². The van der Waals surface area contributed by atoms with Crippen LogP contribution >= 0.6 is 0 Å². The molecule has 0 amide bonds. The lowest BCUT2D eigenvalue weighted by atomic mass is 10.2. The lowest BCUT2D eigenvalue weighted by molar-refractivity contribution is -0.314. The summed E-state index contributed by atoms with van der Waals surface area (Å²) in [6, 6.07) is 0. The smallest absolute Gasteiger partial charge is 0.218 e. The molecule has 10 heavy (non-hydrogen) atoms. The number of hydrogen-bond acceptors (Lipinski definition) is 5. The van der Waals surface area contributed by atoms with Crippen molar-refractivity contribution in [2.24, 2.45) is 0 Å². The molecule has 0 radical (unpaired) electrons. The first-order chi connectivity index (χ1) is 4.46. The zero-order valence-electron chi connectivity index (χ0n) is 4.50. The lowest BCUT2D eigenvalue weighted by Gasteiger charge is -2.06. The monoisotopic (exact) mass is 148 g/mol. The Morgan fingerprint density at radius 2 is 1.60 bits per heavy atom. The average Bonchev–Trinajstić information content (AvgIpc) is 1.84. The van der Waals surface area contributed by atoms with Crippen LogP contribution in [0.3, 0.4) is 0 Å². The van der Waals surface area contributed by atoms with Gasteiger partial charge in [0.1, 0.15) is 5.97 Å². The minimum Gasteiger partial charge on any atom is -0.546 e. The van der Waals surface area contributed by atoms with Crippen LogP contribution in [0.4, 0.5) is 4.39 Å². The van der Waals surface area contributed by atoms with Crippen LogP contribution in [-0.4, -0.2) is 23.9 Å². The maximum atomic E-state index is 11.7. The van der Waals surface area contributed by atoms with Gasteiger partial charge >= 0.3 is 0 Å². The SMILES string of the molecule is O=C([O-])C(=O)C(F)C(=O)[O-]. The van der Waals surface area contributed by atoms with Gasteiger partial charge in [-0.3, -0.25) is 4.79 Å². The Balaban J connectivity index is 4.22. The van der Waals surface area contributed by atoms with Gasteiger partial charge in [-0.15, -0.1) is 0 Å². The summed E-state index contributed by atoms with van der Waals surface area (Å²) in [6.45, 7) is 0. The van der Waals surface area contributed by atoms with Crippen molar-refractivity contribution in [3.8, 4) is 0 Å². The van der Waals surface area contributed by atoms with Crippen LogP contribution in [0.2, 0.25) is 0 Å². The number of carbonyl (C=O) groups excluding carboxylic acids is 3. The predicted octanol–water partition coefficient (Wildman–Crippen LogP) is -3.61. The van der Waals surface area contributed by atoms with E-state index in [0.717, 1.165) is 0 Å². The molecule has 0 rings (SSSR count). The van der Waals surface area contributed by atoms with Crippen LogP contribution in [0.1, 0.15) is 0 Å². The highest BCUT2D eigenvalue weighted by Crippen LogP contribution is 1.88. The first-order valence-electron chi connectivity index (χ1n) is 2.07. The van der Waals surface area contributed by atoms with Crippen molar-refractivity contribution in [2.75, 3.05) is 0 Å². The highest BCUT2D eigenvalue weighted by atomic mass is 19.1. The number of aliphatic carboxylic acids is 2. The van der Waals surface area contributed by atoms with Crippen molar-refractivity contribution >= 4 is 17.7 Å². The zero-order chi connectivity index (χ0) is 8.31. The second-order valence-corrected chi connectivity index (χ2v) is 1.33. The molecule has 0 bridgehead atoms. The van der Waals surface area contributed by atoms with Crippen LogP contribution in [0.25, 0.3) is 0 Å². The second kappa shape index (κ2) is 2.90. The molecule has 0 saturated carbocycles. The summed E-state index contributed by atoms with van der Waals surface area (Å²) in [7, 11) is 0. The molecule has 0 fully saturated rings. The molecule has 6 heteroatoms. The van der Waals surface area contributed by atoms with Crippen molar-refractivity contribution in [1.82, 2.24) is 0 Å². The van der Waals surface area contributed by atoms with Crippen LogP contribution in [0.15, 0.2) is 0 Å². The molecule has 0 heterocycles. The quantitative estimate of drug-likeness (QED) is 0.304. The van der Waals surface area contributed by atoms with Gasteiger partial charge in [-0.05, 0) is 0 Å². The summed E-state index contributed by atoms with van der Waals surface area (Å²) in [4.78, 5) is 28.7. The number of carbonyl (C=O) groups is 3. The topological polar surface area (TPSA) is 97.3 Å². The van der Waals surface area contributed by atoms with Crippen LogP contribution in [0, 0.1) is 0 Å². The minimum atomic E-state index is -3.13. The highest BCUT2D eigenvalue weighted by molar-refractivity contribution is 6.37. The molecular weight excluding hydrogens is 147 g/mol. The number of Topliss-reactive ketones (excluding diaryl/α,β-unsaturated/α-hetero) is 1. The molecular formula is C4HFO5-2. The number of alkyl halides is 1. The van der Waals surface area contributed by atoms with Gasteiger partial charge in [0.15, 0.2) is 0 Å². The minimum absolute atomic E-state index is 2.14. The van der Waals surface area contributed by atoms with Gasteiger partial charge in [-0.1, -0.05) is 0 Å². The van der Waals surface area contributed by atoms with E-state index < -0.39 is 23.9 Å². The molecule has 56 valence electrons. The average molecular weight is 148 g/mol. The third-order valence-electron chi connectivity index (χ3n) is 0.638. The Morgan fingerprint density at radius 3 is 1.70 bits per heavy atom. The fourth-order valence-corrected chi connectivity index (χ4v) is 0.211. The van der Waals surface area contributed by atoms with E-state index in [1.807, 2.05) is 0 Å². The number of carboxylic acid groups (broad SMARTS) is 2. The van der Waals surface area contributed by atoms with Crippen molar-refractivity contribution in [3.05, 3.63) is 0 Å².